The van der Waals surface area contributed by atoms with Gasteiger partial charge in [0.25, 0.3) is 0 Å². The number of benzene rings is 6. The lowest BCUT2D eigenvalue weighted by Gasteiger charge is -2.25. The highest BCUT2D eigenvalue weighted by atomic mass is 35.5. The van der Waals surface area contributed by atoms with E-state index in [1.165, 1.54) is 154 Å². The van der Waals surface area contributed by atoms with E-state index >= 15 is 0 Å². The van der Waals surface area contributed by atoms with Gasteiger partial charge in [-0.15, -0.1) is 0 Å². The third-order valence-corrected chi connectivity index (χ3v) is 18.2. The lowest BCUT2D eigenvalue weighted by Crippen LogP contribution is -2.12. The zero-order valence-electron chi connectivity index (χ0n) is 48.8. The van der Waals surface area contributed by atoms with E-state index in [0.717, 1.165) is 103 Å². The first-order valence-electron chi connectivity index (χ1n) is 30.7. The fraction of sp³-hybridized carbons (Fsp3) is 0.588. The Morgan fingerprint density at radius 1 is 0.321 bits per heavy atom. The first-order chi connectivity index (χ1) is 37.6. The standard InChI is InChI=1S/C68H90Cl4N4O2/c1-9-11-13-15-17-19-21-23-25-27-29-31-33-35-37-77-53-43-51-52(44-54(53)78-38-36-34-32-30-28-26-24-22-20-18-16-14-12-10-2)74-62-48-40-46(68(6,7)8)42-50-56(48)55-47(61(62)73-51)39-45(67(3,4)5)41-49(55)63-64(50)76-66-60(72)58(70)57(69)59(71)65(66)75-63/h39-44H,9-38H2,1-8H3. The van der Waals surface area contributed by atoms with Crippen molar-refractivity contribution in [1.82, 2.24) is 19.9 Å². The van der Waals surface area contributed by atoms with Gasteiger partial charge in [-0.05, 0) is 59.1 Å². The maximum Gasteiger partial charge on any atom is 0.163 e. The number of nitrogens with zero attached hydrogens (tertiary/aromatic N) is 4. The number of rotatable bonds is 32. The average Bonchev–Trinajstić information content (AvgIpc) is 3.60. The van der Waals surface area contributed by atoms with Crippen LogP contribution in [0.5, 0.6) is 11.5 Å². The van der Waals surface area contributed by atoms with E-state index in [1.807, 2.05) is 0 Å². The number of halogens is 4. The molecule has 0 amide bonds. The molecular formula is C68H90Cl4N4O2. The smallest absolute Gasteiger partial charge is 0.163 e. The van der Waals surface area contributed by atoms with E-state index in [0.29, 0.717) is 35.3 Å². The Morgan fingerprint density at radius 2 is 0.577 bits per heavy atom. The lowest BCUT2D eigenvalue weighted by atomic mass is 9.80. The van der Waals surface area contributed by atoms with Gasteiger partial charge in [-0.3, -0.25) is 0 Å². The Kier molecular flexibility index (Phi) is 22.0. The van der Waals surface area contributed by atoms with Gasteiger partial charge in [-0.25, -0.2) is 19.9 Å². The van der Waals surface area contributed by atoms with Gasteiger partial charge in [0.2, 0.25) is 0 Å². The third kappa shape index (κ3) is 14.7. The van der Waals surface area contributed by atoms with Crippen LogP contribution < -0.4 is 9.47 Å². The van der Waals surface area contributed by atoms with Gasteiger partial charge in [-0.2, -0.15) is 0 Å². The zero-order chi connectivity index (χ0) is 55.4. The quantitative estimate of drug-likeness (QED) is 0.0138. The molecule has 0 atom stereocenters. The van der Waals surface area contributed by atoms with Crippen LogP contribution in [-0.4, -0.2) is 33.1 Å². The van der Waals surface area contributed by atoms with E-state index in [-0.39, 0.29) is 30.9 Å². The molecule has 2 aromatic heterocycles. The average molecular weight is 1140 g/mol. The molecule has 0 radical (unpaired) electrons. The number of hydrogen-bond donors (Lipinski definition) is 0. The summed E-state index contributed by atoms with van der Waals surface area (Å²) < 4.78 is 13.4. The van der Waals surface area contributed by atoms with Gasteiger partial charge in [0.05, 0.1) is 66.4 Å². The summed E-state index contributed by atoms with van der Waals surface area (Å²) in [6, 6.07) is 13.3. The Bertz CT molecular complexity index is 3050. The molecule has 0 saturated heterocycles. The number of fused-ring (bicyclic) bond motifs is 8. The molecule has 422 valence electrons. The van der Waals surface area contributed by atoms with E-state index in [4.69, 9.17) is 75.8 Å². The summed E-state index contributed by atoms with van der Waals surface area (Å²) in [6.45, 7) is 19.3. The first kappa shape index (κ1) is 60.4. The van der Waals surface area contributed by atoms with Gasteiger partial charge in [0.15, 0.2) is 11.5 Å². The van der Waals surface area contributed by atoms with E-state index < -0.39 is 0 Å². The second-order valence-electron chi connectivity index (χ2n) is 24.9. The Morgan fingerprint density at radius 3 is 0.846 bits per heavy atom. The van der Waals surface area contributed by atoms with Crippen molar-refractivity contribution < 1.29 is 9.47 Å². The fourth-order valence-corrected chi connectivity index (χ4v) is 12.5. The van der Waals surface area contributed by atoms with Crippen LogP contribution in [0.25, 0.3) is 76.5 Å². The van der Waals surface area contributed by atoms with Crippen LogP contribution in [0.15, 0.2) is 36.4 Å². The summed E-state index contributed by atoms with van der Waals surface area (Å²) in [5.74, 6) is 1.47. The molecule has 6 aromatic carbocycles. The van der Waals surface area contributed by atoms with Gasteiger partial charge < -0.3 is 9.47 Å². The van der Waals surface area contributed by atoms with Crippen LogP contribution in [0.3, 0.4) is 0 Å². The molecule has 0 spiro atoms. The van der Waals surface area contributed by atoms with Gasteiger partial charge in [0.1, 0.15) is 11.0 Å². The van der Waals surface area contributed by atoms with Crippen molar-refractivity contribution in [3.05, 3.63) is 67.6 Å². The molecular weight excluding hydrogens is 1050 g/mol. The van der Waals surface area contributed by atoms with E-state index in [2.05, 4.69) is 91.8 Å². The van der Waals surface area contributed by atoms with Crippen molar-refractivity contribution in [2.24, 2.45) is 0 Å². The minimum absolute atomic E-state index is 0.159. The zero-order valence-corrected chi connectivity index (χ0v) is 51.8. The molecule has 0 fully saturated rings. The summed E-state index contributed by atoms with van der Waals surface area (Å²) in [5.41, 5.74) is 7.28. The maximum atomic E-state index is 6.94. The molecule has 8 aromatic rings. The second-order valence-corrected chi connectivity index (χ2v) is 26.4. The van der Waals surface area contributed by atoms with Gasteiger partial charge in [-0.1, -0.05) is 269 Å². The van der Waals surface area contributed by atoms with Crippen molar-refractivity contribution in [1.29, 1.82) is 0 Å². The SMILES string of the molecule is CCCCCCCCCCCCCCCCOc1cc2nc3c4cc(C(C)(C)C)cc5c6nc7c(Cl)c(Cl)c(Cl)c(Cl)c7nc6c6cc(C(C)(C)C)cc(c3nc2cc1OCCCCCCCCCCCCCCCC)c6c45. The first-order valence-corrected chi connectivity index (χ1v) is 32.2. The molecule has 0 aliphatic rings. The Labute approximate surface area is 487 Å². The van der Waals surface area contributed by atoms with Gasteiger partial charge >= 0.3 is 0 Å². The highest BCUT2D eigenvalue weighted by Crippen LogP contribution is 2.49. The highest BCUT2D eigenvalue weighted by Gasteiger charge is 2.28. The Balaban J connectivity index is 1.10. The molecule has 0 N–H and O–H groups in total. The summed E-state index contributed by atoms with van der Waals surface area (Å²) in [7, 11) is 0. The number of unbranched alkanes of at least 4 members (excludes halogenated alkanes) is 26. The molecule has 0 bridgehead atoms. The molecule has 2 heterocycles. The topological polar surface area (TPSA) is 70.0 Å². The van der Waals surface area contributed by atoms with Crippen LogP contribution in [0.1, 0.15) is 246 Å². The van der Waals surface area contributed by atoms with Crippen molar-refractivity contribution in [2.75, 3.05) is 13.2 Å². The van der Waals surface area contributed by atoms with E-state index in [9.17, 15) is 0 Å². The van der Waals surface area contributed by atoms with E-state index in [1.54, 1.807) is 0 Å². The molecule has 0 saturated carbocycles. The van der Waals surface area contributed by atoms with Crippen LogP contribution in [0.4, 0.5) is 0 Å². The minimum Gasteiger partial charge on any atom is -0.490 e. The normalized spacial score (nSPS) is 12.6. The van der Waals surface area contributed by atoms with Crippen LogP contribution in [-0.2, 0) is 10.8 Å². The molecule has 0 aliphatic heterocycles. The number of hydrogen-bond acceptors (Lipinski definition) is 6. The van der Waals surface area contributed by atoms with Crippen molar-refractivity contribution >= 4 is 123 Å². The monoisotopic (exact) mass is 1130 g/mol. The molecule has 10 heteroatoms. The predicted molar refractivity (Wildman–Crippen MR) is 340 cm³/mol. The van der Waals surface area contributed by atoms with Crippen molar-refractivity contribution in [2.45, 2.75) is 246 Å². The van der Waals surface area contributed by atoms with Crippen molar-refractivity contribution in [3.63, 3.8) is 0 Å². The third-order valence-electron chi connectivity index (χ3n) is 16.4. The molecule has 0 unspecified atom stereocenters. The maximum absolute atomic E-state index is 6.94. The summed E-state index contributed by atoms with van der Waals surface area (Å²) >= 11 is 27.3. The molecule has 8 rings (SSSR count). The molecule has 6 nitrogen and oxygen atoms in total. The highest BCUT2D eigenvalue weighted by molar-refractivity contribution is 6.55. The second kappa shape index (κ2) is 28.3. The summed E-state index contributed by atoms with van der Waals surface area (Å²) in [5, 5.41) is 6.79. The Hall–Kier alpha value is -3.68. The molecule has 78 heavy (non-hydrogen) atoms. The number of ether oxygens (including phenoxy) is 2. The lowest BCUT2D eigenvalue weighted by molar-refractivity contribution is 0.259. The summed E-state index contributed by atoms with van der Waals surface area (Å²) in [6.07, 6.45) is 36.9. The largest absolute Gasteiger partial charge is 0.490 e. The molecule has 0 aliphatic carbocycles. The predicted octanol–water partition coefficient (Wildman–Crippen LogP) is 23.7. The van der Waals surface area contributed by atoms with Crippen LogP contribution >= 0.6 is 46.4 Å². The van der Waals surface area contributed by atoms with Gasteiger partial charge in [0, 0.05) is 44.5 Å². The summed E-state index contributed by atoms with van der Waals surface area (Å²) in [4.78, 5) is 21.9. The van der Waals surface area contributed by atoms with Crippen molar-refractivity contribution in [3.8, 4) is 11.5 Å². The van der Waals surface area contributed by atoms with Crippen LogP contribution in [0.2, 0.25) is 20.1 Å². The number of aromatic nitrogens is 4. The minimum atomic E-state index is -0.220. The fourth-order valence-electron chi connectivity index (χ4n) is 11.6. The van der Waals surface area contributed by atoms with Crippen LogP contribution in [0, 0.1) is 0 Å².